The summed E-state index contributed by atoms with van der Waals surface area (Å²) in [6.07, 6.45) is 8.00. The number of amides is 1. The van der Waals surface area contributed by atoms with Gasteiger partial charge in [0, 0.05) is 35.7 Å². The second-order valence-electron chi connectivity index (χ2n) is 5.78. The van der Waals surface area contributed by atoms with Crippen molar-refractivity contribution in [2.75, 3.05) is 6.54 Å². The topological polar surface area (TPSA) is 46.9 Å². The number of hydrogen-bond donors (Lipinski definition) is 1. The Kier molecular flexibility index (Phi) is 4.39. The molecular weight excluding hydrogens is 282 g/mol. The molecule has 1 amide bonds. The number of fused-ring (bicyclic) bond motifs is 1. The molecule has 0 saturated carbocycles. The predicted molar refractivity (Wildman–Crippen MR) is 84.7 cm³/mol. The summed E-state index contributed by atoms with van der Waals surface area (Å²) in [7, 11) is 0. The highest BCUT2D eigenvalue weighted by Gasteiger charge is 2.22. The summed E-state index contributed by atoms with van der Waals surface area (Å²) in [6, 6.07) is 1.91. The van der Waals surface area contributed by atoms with Gasteiger partial charge in [-0.25, -0.2) is 0 Å². The molecule has 0 bridgehead atoms. The number of nitrogens with one attached hydrogen (secondary N) is 1. The predicted octanol–water partition coefficient (Wildman–Crippen LogP) is 2.89. The minimum Gasteiger partial charge on any atom is -0.352 e. The Bertz CT molecular complexity index is 603. The van der Waals surface area contributed by atoms with Gasteiger partial charge in [-0.05, 0) is 43.2 Å². The van der Waals surface area contributed by atoms with Crippen molar-refractivity contribution in [3.63, 3.8) is 0 Å². The van der Waals surface area contributed by atoms with Gasteiger partial charge in [0.2, 0.25) is 0 Å². The first-order valence-corrected chi connectivity index (χ1v) is 8.47. The number of rotatable bonds is 5. The van der Waals surface area contributed by atoms with Crippen LogP contribution in [0.25, 0.3) is 0 Å². The number of carbonyl (C=O) groups is 1. The van der Waals surface area contributed by atoms with Crippen molar-refractivity contribution < 1.29 is 4.79 Å². The van der Waals surface area contributed by atoms with E-state index in [0.717, 1.165) is 37.3 Å². The Labute approximate surface area is 129 Å². The average molecular weight is 303 g/mol. The molecular formula is C16H21N3OS. The summed E-state index contributed by atoms with van der Waals surface area (Å²) in [6.45, 7) is 3.82. The van der Waals surface area contributed by atoms with E-state index in [1.165, 1.54) is 16.9 Å². The zero-order chi connectivity index (χ0) is 14.7. The third-order valence-electron chi connectivity index (χ3n) is 4.06. The zero-order valence-electron chi connectivity index (χ0n) is 12.3. The molecule has 1 aliphatic carbocycles. The Morgan fingerprint density at radius 3 is 3.29 bits per heavy atom. The summed E-state index contributed by atoms with van der Waals surface area (Å²) >= 11 is 1.75. The first kappa shape index (κ1) is 14.3. The number of aryl methyl sites for hydroxylation is 1. The van der Waals surface area contributed by atoms with Gasteiger partial charge in [0.15, 0.2) is 0 Å². The molecule has 0 spiro atoms. The fourth-order valence-corrected chi connectivity index (χ4v) is 4.08. The second-order valence-corrected chi connectivity index (χ2v) is 6.74. The zero-order valence-corrected chi connectivity index (χ0v) is 13.2. The first-order valence-electron chi connectivity index (χ1n) is 7.59. The third kappa shape index (κ3) is 3.35. The summed E-state index contributed by atoms with van der Waals surface area (Å²) in [5.41, 5.74) is 2.20. The maximum absolute atomic E-state index is 12.3. The first-order chi connectivity index (χ1) is 10.2. The highest BCUT2D eigenvalue weighted by atomic mass is 32.1. The molecule has 4 nitrogen and oxygen atoms in total. The van der Waals surface area contributed by atoms with Gasteiger partial charge in [-0.2, -0.15) is 5.10 Å². The van der Waals surface area contributed by atoms with Gasteiger partial charge in [0.1, 0.15) is 0 Å². The van der Waals surface area contributed by atoms with Crippen LogP contribution in [-0.2, 0) is 19.4 Å². The highest BCUT2D eigenvalue weighted by Crippen LogP contribution is 2.32. The Balaban J connectivity index is 1.52. The Hall–Kier alpha value is -1.62. The van der Waals surface area contributed by atoms with Crippen molar-refractivity contribution >= 4 is 17.2 Å². The van der Waals surface area contributed by atoms with Gasteiger partial charge in [-0.15, -0.1) is 11.3 Å². The molecule has 1 N–H and O–H groups in total. The molecule has 0 aromatic carbocycles. The van der Waals surface area contributed by atoms with Gasteiger partial charge < -0.3 is 5.32 Å². The van der Waals surface area contributed by atoms with Crippen molar-refractivity contribution in [1.82, 2.24) is 15.1 Å². The van der Waals surface area contributed by atoms with Crippen LogP contribution >= 0.6 is 11.3 Å². The van der Waals surface area contributed by atoms with Crippen LogP contribution in [0.5, 0.6) is 0 Å². The van der Waals surface area contributed by atoms with E-state index in [-0.39, 0.29) is 5.91 Å². The van der Waals surface area contributed by atoms with Gasteiger partial charge in [0.05, 0.1) is 5.56 Å². The molecule has 0 fully saturated rings. The van der Waals surface area contributed by atoms with Crippen molar-refractivity contribution in [3.05, 3.63) is 39.8 Å². The highest BCUT2D eigenvalue weighted by molar-refractivity contribution is 7.10. The van der Waals surface area contributed by atoms with Gasteiger partial charge in [-0.3, -0.25) is 9.48 Å². The number of hydrogen-bond acceptors (Lipinski definition) is 3. The SMILES string of the molecule is C[C@@H]1CCc2c(C(=O)NCCCn3cccn3)csc2C1. The van der Waals surface area contributed by atoms with Crippen LogP contribution in [0.4, 0.5) is 0 Å². The van der Waals surface area contributed by atoms with Gasteiger partial charge >= 0.3 is 0 Å². The minimum atomic E-state index is 0.0857. The molecule has 2 aromatic rings. The smallest absolute Gasteiger partial charge is 0.252 e. The standard InChI is InChI=1S/C16H21N3OS/c1-12-4-5-13-14(11-21-15(13)10-12)16(20)17-6-2-8-19-9-3-7-18-19/h3,7,9,11-12H,2,4-6,8,10H2,1H3,(H,17,20)/t12-/m1/s1. The third-order valence-corrected chi connectivity index (χ3v) is 5.11. The Morgan fingerprint density at radius 2 is 2.48 bits per heavy atom. The van der Waals surface area contributed by atoms with E-state index in [1.54, 1.807) is 17.5 Å². The normalized spacial score (nSPS) is 17.5. The van der Waals surface area contributed by atoms with E-state index in [2.05, 4.69) is 17.3 Å². The van der Waals surface area contributed by atoms with Crippen LogP contribution in [0.2, 0.25) is 0 Å². The van der Waals surface area contributed by atoms with E-state index in [9.17, 15) is 4.79 Å². The number of aromatic nitrogens is 2. The maximum Gasteiger partial charge on any atom is 0.252 e. The molecule has 1 atom stereocenters. The average Bonchev–Trinajstić information content (AvgIpc) is 3.12. The van der Waals surface area contributed by atoms with Crippen LogP contribution < -0.4 is 5.32 Å². The molecule has 3 rings (SSSR count). The fourth-order valence-electron chi connectivity index (χ4n) is 2.84. The number of thiophene rings is 1. The summed E-state index contributed by atoms with van der Waals surface area (Å²) < 4.78 is 1.89. The molecule has 112 valence electrons. The van der Waals surface area contributed by atoms with Gasteiger partial charge in [-0.1, -0.05) is 6.92 Å². The van der Waals surface area contributed by atoms with Crippen LogP contribution in [-0.4, -0.2) is 22.2 Å². The van der Waals surface area contributed by atoms with E-state index >= 15 is 0 Å². The molecule has 0 unspecified atom stereocenters. The van der Waals surface area contributed by atoms with Gasteiger partial charge in [0.25, 0.3) is 5.91 Å². The lowest BCUT2D eigenvalue weighted by Gasteiger charge is -2.18. The van der Waals surface area contributed by atoms with Crippen LogP contribution in [0, 0.1) is 5.92 Å². The molecule has 0 aliphatic heterocycles. The van der Waals surface area contributed by atoms with Crippen LogP contribution in [0.15, 0.2) is 23.8 Å². The quantitative estimate of drug-likeness (QED) is 0.863. The lowest BCUT2D eigenvalue weighted by atomic mass is 9.88. The number of carbonyl (C=O) groups excluding carboxylic acids is 1. The molecule has 1 aliphatic rings. The van der Waals surface area contributed by atoms with E-state index in [1.807, 2.05) is 22.3 Å². The lowest BCUT2D eigenvalue weighted by molar-refractivity contribution is 0.0952. The molecule has 0 radical (unpaired) electrons. The maximum atomic E-state index is 12.3. The summed E-state index contributed by atoms with van der Waals surface area (Å²) in [5.74, 6) is 0.837. The molecule has 2 heterocycles. The van der Waals surface area contributed by atoms with Crippen molar-refractivity contribution in [2.45, 2.75) is 39.2 Å². The van der Waals surface area contributed by atoms with E-state index in [0.29, 0.717) is 6.54 Å². The largest absolute Gasteiger partial charge is 0.352 e. The van der Waals surface area contributed by atoms with Crippen molar-refractivity contribution in [2.24, 2.45) is 5.92 Å². The van der Waals surface area contributed by atoms with E-state index < -0.39 is 0 Å². The van der Waals surface area contributed by atoms with Crippen molar-refractivity contribution in [1.29, 1.82) is 0 Å². The molecule has 2 aromatic heterocycles. The molecule has 5 heteroatoms. The Morgan fingerprint density at radius 1 is 1.57 bits per heavy atom. The fraction of sp³-hybridized carbons (Fsp3) is 0.500. The lowest BCUT2D eigenvalue weighted by Crippen LogP contribution is -2.26. The monoisotopic (exact) mass is 303 g/mol. The summed E-state index contributed by atoms with van der Waals surface area (Å²) in [5, 5.41) is 9.22. The molecule has 0 saturated heterocycles. The molecule has 21 heavy (non-hydrogen) atoms. The summed E-state index contributed by atoms with van der Waals surface area (Å²) in [4.78, 5) is 13.7. The van der Waals surface area contributed by atoms with E-state index in [4.69, 9.17) is 0 Å². The second kappa shape index (κ2) is 6.43. The number of nitrogens with zero attached hydrogens (tertiary/aromatic N) is 2. The van der Waals surface area contributed by atoms with Crippen LogP contribution in [0.1, 0.15) is 40.6 Å². The van der Waals surface area contributed by atoms with Crippen LogP contribution in [0.3, 0.4) is 0 Å². The minimum absolute atomic E-state index is 0.0857. The van der Waals surface area contributed by atoms with Crippen molar-refractivity contribution in [3.8, 4) is 0 Å².